The van der Waals surface area contributed by atoms with Crippen LogP contribution in [0.15, 0.2) is 78.4 Å². The van der Waals surface area contributed by atoms with Gasteiger partial charge in [0, 0.05) is 11.3 Å². The second-order valence-corrected chi connectivity index (χ2v) is 8.18. The van der Waals surface area contributed by atoms with Crippen molar-refractivity contribution in [2.75, 3.05) is 11.5 Å². The van der Waals surface area contributed by atoms with Crippen LogP contribution >= 0.6 is 0 Å². The third-order valence-corrected chi connectivity index (χ3v) is 5.70. The van der Waals surface area contributed by atoms with Gasteiger partial charge in [-0.1, -0.05) is 19.1 Å². The molecule has 3 aromatic rings. The van der Waals surface area contributed by atoms with Gasteiger partial charge in [0.2, 0.25) is 0 Å². The first-order chi connectivity index (χ1) is 17.1. The van der Waals surface area contributed by atoms with E-state index in [0.29, 0.717) is 17.9 Å². The summed E-state index contributed by atoms with van der Waals surface area (Å²) in [5, 5.41) is 21.1. The van der Waals surface area contributed by atoms with E-state index < -0.39 is 35.2 Å². The number of hydrogen-bond acceptors (Lipinski definition) is 5. The summed E-state index contributed by atoms with van der Waals surface area (Å²) < 4.78 is 44.7. The zero-order chi connectivity index (χ0) is 26.0. The number of ether oxygens (including phenoxy) is 1. The van der Waals surface area contributed by atoms with Gasteiger partial charge in [-0.05, 0) is 72.6 Å². The van der Waals surface area contributed by atoms with E-state index in [-0.39, 0.29) is 22.6 Å². The number of benzene rings is 3. The molecule has 0 aliphatic carbocycles. The van der Waals surface area contributed by atoms with Crippen LogP contribution in [0.1, 0.15) is 36.1 Å². The summed E-state index contributed by atoms with van der Waals surface area (Å²) >= 11 is 0. The molecule has 3 aromatic carbocycles. The highest BCUT2D eigenvalue weighted by atomic mass is 19.4. The number of nitrogens with zero attached hydrogens (tertiary/aromatic N) is 1. The SMILES string of the molecule is CCCOc1ccc(/C(O)=C2\C(=O)C(=O)N(c3ccc(C(F)(F)F)cc3)C2c2cccc(O)c2)cc1. The Morgan fingerprint density at radius 1 is 1.00 bits per heavy atom. The van der Waals surface area contributed by atoms with Crippen LogP contribution < -0.4 is 9.64 Å². The molecule has 1 atom stereocenters. The number of rotatable bonds is 6. The molecule has 1 unspecified atom stereocenters. The van der Waals surface area contributed by atoms with Crippen molar-refractivity contribution in [1.82, 2.24) is 0 Å². The number of Topliss-reactive ketones (excluding diaryl/α,β-unsaturated/α-hetero) is 1. The number of aliphatic hydroxyl groups is 1. The number of phenolic OH excluding ortho intramolecular Hbond substituents is 1. The van der Waals surface area contributed by atoms with E-state index in [1.807, 2.05) is 6.92 Å². The van der Waals surface area contributed by atoms with Gasteiger partial charge in [-0.2, -0.15) is 13.2 Å². The Morgan fingerprint density at radius 3 is 2.25 bits per heavy atom. The number of aromatic hydroxyl groups is 1. The Bertz CT molecular complexity index is 1310. The van der Waals surface area contributed by atoms with Crippen molar-refractivity contribution >= 4 is 23.1 Å². The van der Waals surface area contributed by atoms with Crippen LogP contribution in [0.2, 0.25) is 0 Å². The quantitative estimate of drug-likeness (QED) is 0.254. The molecule has 0 saturated carbocycles. The van der Waals surface area contributed by atoms with Crippen molar-refractivity contribution < 1.29 is 37.7 Å². The highest BCUT2D eigenvalue weighted by molar-refractivity contribution is 6.51. The number of carbonyl (C=O) groups is 2. The fourth-order valence-electron chi connectivity index (χ4n) is 4.00. The third-order valence-electron chi connectivity index (χ3n) is 5.70. The van der Waals surface area contributed by atoms with Crippen LogP contribution in [0.5, 0.6) is 11.5 Å². The Kier molecular flexibility index (Phi) is 6.74. The molecule has 0 spiro atoms. The van der Waals surface area contributed by atoms with Gasteiger partial charge >= 0.3 is 6.18 Å². The normalized spacial score (nSPS) is 17.4. The fraction of sp³-hybridized carbons (Fsp3) is 0.185. The monoisotopic (exact) mass is 497 g/mol. The van der Waals surface area contributed by atoms with E-state index in [9.17, 15) is 33.0 Å². The minimum atomic E-state index is -4.58. The highest BCUT2D eigenvalue weighted by Crippen LogP contribution is 2.43. The summed E-state index contributed by atoms with van der Waals surface area (Å²) in [6, 6.07) is 14.6. The lowest BCUT2D eigenvalue weighted by Crippen LogP contribution is -2.29. The summed E-state index contributed by atoms with van der Waals surface area (Å²) in [6.07, 6.45) is -3.77. The van der Waals surface area contributed by atoms with Crippen molar-refractivity contribution in [3.05, 3.63) is 95.1 Å². The molecule has 6 nitrogen and oxygen atoms in total. The smallest absolute Gasteiger partial charge is 0.416 e. The molecule has 2 N–H and O–H groups in total. The molecule has 0 aromatic heterocycles. The van der Waals surface area contributed by atoms with Gasteiger partial charge in [-0.3, -0.25) is 14.5 Å². The van der Waals surface area contributed by atoms with E-state index in [4.69, 9.17) is 4.74 Å². The summed E-state index contributed by atoms with van der Waals surface area (Å²) in [6.45, 7) is 2.46. The number of amides is 1. The van der Waals surface area contributed by atoms with Crippen molar-refractivity contribution in [2.24, 2.45) is 0 Å². The van der Waals surface area contributed by atoms with Crippen molar-refractivity contribution in [1.29, 1.82) is 0 Å². The zero-order valence-electron chi connectivity index (χ0n) is 19.1. The average Bonchev–Trinajstić information content (AvgIpc) is 3.12. The number of alkyl halides is 3. The van der Waals surface area contributed by atoms with Gasteiger partial charge < -0.3 is 14.9 Å². The van der Waals surface area contributed by atoms with Gasteiger partial charge in [0.1, 0.15) is 17.3 Å². The van der Waals surface area contributed by atoms with Gasteiger partial charge in [0.15, 0.2) is 0 Å². The molecule has 1 aliphatic rings. The van der Waals surface area contributed by atoms with E-state index in [1.165, 1.54) is 30.3 Å². The summed E-state index contributed by atoms with van der Waals surface area (Å²) in [5.41, 5.74) is -0.608. The predicted molar refractivity (Wildman–Crippen MR) is 127 cm³/mol. The molecule has 9 heteroatoms. The summed E-state index contributed by atoms with van der Waals surface area (Å²) in [7, 11) is 0. The number of phenols is 1. The molecule has 1 fully saturated rings. The molecule has 0 bridgehead atoms. The van der Waals surface area contributed by atoms with Crippen LogP contribution in [0.4, 0.5) is 18.9 Å². The fourth-order valence-corrected chi connectivity index (χ4v) is 4.00. The third kappa shape index (κ3) is 4.77. The van der Waals surface area contributed by atoms with E-state index in [1.54, 1.807) is 18.2 Å². The lowest BCUT2D eigenvalue weighted by molar-refractivity contribution is -0.137. The predicted octanol–water partition coefficient (Wildman–Crippen LogP) is 5.83. The lowest BCUT2D eigenvalue weighted by atomic mass is 9.95. The molecule has 1 saturated heterocycles. The Balaban J connectivity index is 1.84. The van der Waals surface area contributed by atoms with Gasteiger partial charge in [0.25, 0.3) is 11.7 Å². The first kappa shape index (κ1) is 24.8. The van der Waals surface area contributed by atoms with Crippen LogP contribution in [-0.2, 0) is 15.8 Å². The lowest BCUT2D eigenvalue weighted by Gasteiger charge is -2.26. The first-order valence-corrected chi connectivity index (χ1v) is 11.1. The summed E-state index contributed by atoms with van der Waals surface area (Å²) in [4.78, 5) is 27.2. The van der Waals surface area contributed by atoms with E-state index >= 15 is 0 Å². The van der Waals surface area contributed by atoms with Crippen molar-refractivity contribution in [2.45, 2.75) is 25.6 Å². The molecule has 36 heavy (non-hydrogen) atoms. The van der Waals surface area contributed by atoms with Crippen LogP contribution in [0.25, 0.3) is 5.76 Å². The number of halogens is 3. The van der Waals surface area contributed by atoms with Crippen molar-refractivity contribution in [3.8, 4) is 11.5 Å². The molecular weight excluding hydrogens is 475 g/mol. The number of anilines is 1. The maximum atomic E-state index is 13.1. The number of hydrogen-bond donors (Lipinski definition) is 2. The largest absolute Gasteiger partial charge is 0.508 e. The standard InChI is InChI=1S/C27H22F3NO5/c1-2-14-36-21-12-6-16(7-13-21)24(33)22-23(17-4-3-5-20(32)15-17)31(26(35)25(22)34)19-10-8-18(9-11-19)27(28,29)30/h3-13,15,23,32-33H,2,14H2,1H3/b24-22+. The maximum Gasteiger partial charge on any atom is 0.416 e. The van der Waals surface area contributed by atoms with Crippen LogP contribution in [-0.4, -0.2) is 28.5 Å². The molecule has 1 amide bonds. The number of carbonyl (C=O) groups excluding carboxylic acids is 2. The molecule has 1 aliphatic heterocycles. The van der Waals surface area contributed by atoms with Crippen LogP contribution in [0.3, 0.4) is 0 Å². The van der Waals surface area contributed by atoms with Crippen LogP contribution in [0, 0.1) is 0 Å². The maximum absolute atomic E-state index is 13.1. The molecular formula is C27H22F3NO5. The molecule has 1 heterocycles. The minimum Gasteiger partial charge on any atom is -0.508 e. The second kappa shape index (κ2) is 9.77. The first-order valence-electron chi connectivity index (χ1n) is 11.1. The Hall–Kier alpha value is -4.27. The topological polar surface area (TPSA) is 87.1 Å². The average molecular weight is 497 g/mol. The molecule has 0 radical (unpaired) electrons. The van der Waals surface area contributed by atoms with E-state index in [2.05, 4.69) is 0 Å². The number of aliphatic hydroxyl groups excluding tert-OH is 1. The number of ketones is 1. The zero-order valence-corrected chi connectivity index (χ0v) is 19.1. The van der Waals surface area contributed by atoms with Gasteiger partial charge in [-0.25, -0.2) is 0 Å². The Labute approximate surface area is 204 Å². The van der Waals surface area contributed by atoms with Gasteiger partial charge in [-0.15, -0.1) is 0 Å². The minimum absolute atomic E-state index is 0.0285. The van der Waals surface area contributed by atoms with Gasteiger partial charge in [0.05, 0.1) is 23.8 Å². The summed E-state index contributed by atoms with van der Waals surface area (Å²) in [5.74, 6) is -2.08. The second-order valence-electron chi connectivity index (χ2n) is 8.18. The Morgan fingerprint density at radius 2 is 1.67 bits per heavy atom. The van der Waals surface area contributed by atoms with Crippen molar-refractivity contribution in [3.63, 3.8) is 0 Å². The van der Waals surface area contributed by atoms with E-state index in [0.717, 1.165) is 35.6 Å². The highest BCUT2D eigenvalue weighted by Gasteiger charge is 2.47. The molecule has 4 rings (SSSR count). The molecule has 186 valence electrons.